The molecule has 16 heavy (non-hydrogen) atoms. The second kappa shape index (κ2) is 5.41. The van der Waals surface area contributed by atoms with Gasteiger partial charge >= 0.3 is 0 Å². The van der Waals surface area contributed by atoms with Crippen LogP contribution < -0.4 is 0 Å². The van der Waals surface area contributed by atoms with Crippen LogP contribution in [0.3, 0.4) is 0 Å². The van der Waals surface area contributed by atoms with Crippen molar-refractivity contribution in [2.24, 2.45) is 0 Å². The number of rotatable bonds is 4. The van der Waals surface area contributed by atoms with E-state index in [9.17, 15) is 5.11 Å². The summed E-state index contributed by atoms with van der Waals surface area (Å²) < 4.78 is 5.01. The molecule has 1 N–H and O–H groups in total. The lowest BCUT2D eigenvalue weighted by atomic mass is 9.82. The van der Waals surface area contributed by atoms with E-state index >= 15 is 0 Å². The molecule has 2 unspecified atom stereocenters. The lowest BCUT2D eigenvalue weighted by Gasteiger charge is -2.28. The molecular formula is C13H19NO2. The van der Waals surface area contributed by atoms with Crippen molar-refractivity contribution >= 4 is 0 Å². The van der Waals surface area contributed by atoms with E-state index in [-0.39, 0.29) is 12.0 Å². The van der Waals surface area contributed by atoms with E-state index < -0.39 is 0 Å². The van der Waals surface area contributed by atoms with Crippen molar-refractivity contribution in [3.63, 3.8) is 0 Å². The summed E-state index contributed by atoms with van der Waals surface area (Å²) in [5.74, 6) is 0.195. The topological polar surface area (TPSA) is 42.4 Å². The minimum Gasteiger partial charge on any atom is -0.392 e. The van der Waals surface area contributed by atoms with Crippen molar-refractivity contribution in [2.45, 2.75) is 37.7 Å². The first-order chi connectivity index (χ1) is 7.83. The lowest BCUT2D eigenvalue weighted by molar-refractivity contribution is 0.0841. The Morgan fingerprint density at radius 1 is 1.62 bits per heavy atom. The highest BCUT2D eigenvalue weighted by molar-refractivity contribution is 5.26. The van der Waals surface area contributed by atoms with Crippen LogP contribution in [0.4, 0.5) is 0 Å². The van der Waals surface area contributed by atoms with Gasteiger partial charge in [0.1, 0.15) is 0 Å². The Balaban J connectivity index is 2.12. The average molecular weight is 221 g/mol. The number of hydrogen-bond donors (Lipinski definition) is 1. The van der Waals surface area contributed by atoms with Gasteiger partial charge in [-0.2, -0.15) is 0 Å². The zero-order valence-electron chi connectivity index (χ0n) is 9.72. The number of aryl methyl sites for hydroxylation is 1. The highest BCUT2D eigenvalue weighted by Crippen LogP contribution is 2.33. The molecule has 0 amide bonds. The Bertz CT molecular complexity index is 340. The molecule has 88 valence electrons. The van der Waals surface area contributed by atoms with Crippen molar-refractivity contribution in [1.82, 2.24) is 4.98 Å². The van der Waals surface area contributed by atoms with Gasteiger partial charge < -0.3 is 9.84 Å². The number of fused-ring (bicyclic) bond motifs is 1. The van der Waals surface area contributed by atoms with E-state index in [2.05, 4.69) is 11.1 Å². The number of aromatic nitrogens is 1. The molecule has 1 aromatic rings. The van der Waals surface area contributed by atoms with E-state index in [4.69, 9.17) is 4.74 Å². The molecule has 0 aromatic carbocycles. The van der Waals surface area contributed by atoms with Crippen LogP contribution in [0, 0.1) is 0 Å². The number of aliphatic hydroxyl groups excluding tert-OH is 1. The smallest absolute Gasteiger partial charge is 0.0645 e. The van der Waals surface area contributed by atoms with Gasteiger partial charge in [-0.05, 0) is 37.3 Å². The normalized spacial score (nSPS) is 21.5. The van der Waals surface area contributed by atoms with Gasteiger partial charge in [0, 0.05) is 31.5 Å². The zero-order valence-corrected chi connectivity index (χ0v) is 9.72. The van der Waals surface area contributed by atoms with Crippen LogP contribution in [0.1, 0.15) is 36.4 Å². The van der Waals surface area contributed by atoms with Crippen LogP contribution in [0.25, 0.3) is 0 Å². The summed E-state index contributed by atoms with van der Waals surface area (Å²) in [7, 11) is 1.67. The molecule has 3 heteroatoms. The third-order valence-corrected chi connectivity index (χ3v) is 3.32. The van der Waals surface area contributed by atoms with Gasteiger partial charge in [0.15, 0.2) is 0 Å². The Labute approximate surface area is 96.5 Å². The molecule has 2 rings (SSSR count). The molecule has 1 aliphatic rings. The average Bonchev–Trinajstić information content (AvgIpc) is 2.35. The second-order valence-electron chi connectivity index (χ2n) is 4.40. The van der Waals surface area contributed by atoms with Gasteiger partial charge in [0.05, 0.1) is 6.10 Å². The molecule has 0 fully saturated rings. The third-order valence-electron chi connectivity index (χ3n) is 3.32. The molecule has 3 nitrogen and oxygen atoms in total. The number of hydrogen-bond acceptors (Lipinski definition) is 3. The number of nitrogens with zero attached hydrogens (tertiary/aromatic N) is 1. The summed E-state index contributed by atoms with van der Waals surface area (Å²) in [4.78, 5) is 4.43. The van der Waals surface area contributed by atoms with Crippen LogP contribution in [0.15, 0.2) is 18.3 Å². The number of pyridine rings is 1. The summed E-state index contributed by atoms with van der Waals surface area (Å²) in [5, 5.41) is 10.1. The molecule has 1 aliphatic carbocycles. The maximum absolute atomic E-state index is 10.1. The Morgan fingerprint density at radius 2 is 2.50 bits per heavy atom. The van der Waals surface area contributed by atoms with Gasteiger partial charge in [-0.15, -0.1) is 0 Å². The van der Waals surface area contributed by atoms with Crippen molar-refractivity contribution < 1.29 is 9.84 Å². The van der Waals surface area contributed by atoms with Crippen LogP contribution in [0.2, 0.25) is 0 Å². The largest absolute Gasteiger partial charge is 0.392 e. The minimum atomic E-state index is -0.325. The molecule has 1 aromatic heterocycles. The molecular weight excluding hydrogens is 202 g/mol. The predicted molar refractivity (Wildman–Crippen MR) is 62.4 cm³/mol. The fraction of sp³-hybridized carbons (Fsp3) is 0.615. The fourth-order valence-corrected chi connectivity index (χ4v) is 2.46. The van der Waals surface area contributed by atoms with Gasteiger partial charge in [-0.25, -0.2) is 0 Å². The molecule has 0 saturated heterocycles. The van der Waals surface area contributed by atoms with Gasteiger partial charge in [-0.3, -0.25) is 4.98 Å². The van der Waals surface area contributed by atoms with Gasteiger partial charge in [-0.1, -0.05) is 6.07 Å². The van der Waals surface area contributed by atoms with Crippen molar-refractivity contribution in [2.75, 3.05) is 13.7 Å². The minimum absolute atomic E-state index is 0.195. The quantitative estimate of drug-likeness (QED) is 0.844. The number of ether oxygens (including phenoxy) is 1. The zero-order chi connectivity index (χ0) is 11.4. The van der Waals surface area contributed by atoms with E-state index in [1.54, 1.807) is 7.11 Å². The van der Waals surface area contributed by atoms with Crippen molar-refractivity contribution in [3.05, 3.63) is 29.6 Å². The number of methoxy groups -OCH3 is 1. The fourth-order valence-electron chi connectivity index (χ4n) is 2.46. The highest BCUT2D eigenvalue weighted by atomic mass is 16.5. The number of aliphatic hydroxyl groups is 1. The van der Waals surface area contributed by atoms with Crippen LogP contribution >= 0.6 is 0 Å². The molecule has 0 spiro atoms. The predicted octanol–water partition coefficient (Wildman–Crippen LogP) is 1.90. The van der Waals surface area contributed by atoms with E-state index in [1.807, 2.05) is 12.3 Å². The van der Waals surface area contributed by atoms with E-state index in [0.717, 1.165) is 25.0 Å². The molecule has 1 heterocycles. The Hall–Kier alpha value is -0.930. The molecule has 0 aliphatic heterocycles. The Morgan fingerprint density at radius 3 is 3.31 bits per heavy atom. The monoisotopic (exact) mass is 221 g/mol. The third kappa shape index (κ3) is 2.42. The van der Waals surface area contributed by atoms with Crippen LogP contribution in [0.5, 0.6) is 0 Å². The SMILES string of the molecule is COCCC(O)C1CCCc2cccnc21. The summed E-state index contributed by atoms with van der Waals surface area (Å²) in [6.45, 7) is 0.611. The summed E-state index contributed by atoms with van der Waals surface area (Å²) >= 11 is 0. The van der Waals surface area contributed by atoms with E-state index in [0.29, 0.717) is 13.0 Å². The summed E-state index contributed by atoms with van der Waals surface area (Å²) in [6.07, 6.45) is 5.46. The van der Waals surface area contributed by atoms with Crippen molar-refractivity contribution in [3.8, 4) is 0 Å². The maximum Gasteiger partial charge on any atom is 0.0645 e. The van der Waals surface area contributed by atoms with Crippen LogP contribution in [-0.2, 0) is 11.2 Å². The highest BCUT2D eigenvalue weighted by Gasteiger charge is 2.27. The molecule has 0 bridgehead atoms. The van der Waals surface area contributed by atoms with Gasteiger partial charge in [0.25, 0.3) is 0 Å². The summed E-state index contributed by atoms with van der Waals surface area (Å²) in [5.41, 5.74) is 2.40. The van der Waals surface area contributed by atoms with E-state index in [1.165, 1.54) is 5.56 Å². The van der Waals surface area contributed by atoms with Gasteiger partial charge in [0.2, 0.25) is 0 Å². The molecule has 0 saturated carbocycles. The second-order valence-corrected chi connectivity index (χ2v) is 4.40. The summed E-state index contributed by atoms with van der Waals surface area (Å²) in [6, 6.07) is 4.10. The van der Waals surface area contributed by atoms with Crippen LogP contribution in [-0.4, -0.2) is 29.9 Å². The maximum atomic E-state index is 10.1. The van der Waals surface area contributed by atoms with Crippen molar-refractivity contribution in [1.29, 1.82) is 0 Å². The first-order valence-corrected chi connectivity index (χ1v) is 5.93. The molecule has 2 atom stereocenters. The first-order valence-electron chi connectivity index (χ1n) is 5.93. The Kier molecular flexibility index (Phi) is 3.91. The lowest BCUT2D eigenvalue weighted by Crippen LogP contribution is -2.25. The molecule has 0 radical (unpaired) electrons. The first kappa shape index (κ1) is 11.6. The standard InChI is InChI=1S/C13H19NO2/c1-16-9-7-12(15)11-6-2-4-10-5-3-8-14-13(10)11/h3,5,8,11-12,15H,2,4,6-7,9H2,1H3.